The summed E-state index contributed by atoms with van der Waals surface area (Å²) in [4.78, 5) is 13.6. The summed E-state index contributed by atoms with van der Waals surface area (Å²) in [6.45, 7) is 1.95. The number of nitrogens with zero attached hydrogens (tertiary/aromatic N) is 4. The number of rotatable bonds is 9. The Morgan fingerprint density at radius 3 is 2.36 bits per heavy atom. The average molecular weight is 479 g/mol. The molecule has 0 fully saturated rings. The molecule has 0 bridgehead atoms. The number of hydrogen-bond acceptors (Lipinski definition) is 8. The van der Waals surface area contributed by atoms with Gasteiger partial charge in [0.15, 0.2) is 22.6 Å². The van der Waals surface area contributed by atoms with E-state index in [-0.39, 0.29) is 0 Å². The normalized spacial score (nSPS) is 10.8. The quantitative estimate of drug-likeness (QED) is 0.232. The molecule has 0 saturated heterocycles. The van der Waals surface area contributed by atoms with Gasteiger partial charge in [0.1, 0.15) is 0 Å². The third-order valence-corrected chi connectivity index (χ3v) is 6.64. The van der Waals surface area contributed by atoms with Crippen LogP contribution < -0.4 is 15.0 Å². The molecule has 0 saturated carbocycles. The number of anilines is 3. The Hall–Kier alpha value is -3.17. The highest BCUT2D eigenvalue weighted by Crippen LogP contribution is 2.37. The van der Waals surface area contributed by atoms with E-state index < -0.39 is 0 Å². The molecular formula is C24H26N6OS2. The standard InChI is InChI=1S/C24H26N6OS2/c1-16-14-20(29-28-16)25-22-21(31-4)23(30(2)3)27-24(26-22)33-19-12-10-18(11-13-19)32-15-17-8-6-5-7-9-17/h5-14H,15H2,1-4H3,(H2,25,26,27,28,29). The fraction of sp³-hybridized carbons (Fsp3) is 0.208. The molecule has 170 valence electrons. The lowest BCUT2D eigenvalue weighted by atomic mass is 10.2. The fourth-order valence-electron chi connectivity index (χ4n) is 3.09. The highest BCUT2D eigenvalue weighted by molar-refractivity contribution is 7.99. The van der Waals surface area contributed by atoms with Gasteiger partial charge in [-0.1, -0.05) is 30.3 Å². The molecule has 0 unspecified atom stereocenters. The number of benzene rings is 2. The van der Waals surface area contributed by atoms with Crippen molar-refractivity contribution in [2.75, 3.05) is 31.4 Å². The van der Waals surface area contributed by atoms with Gasteiger partial charge in [0, 0.05) is 41.4 Å². The van der Waals surface area contributed by atoms with Crippen LogP contribution in [0.2, 0.25) is 0 Å². The van der Waals surface area contributed by atoms with Crippen molar-refractivity contribution in [2.45, 2.75) is 27.6 Å². The highest BCUT2D eigenvalue weighted by Gasteiger charge is 2.18. The summed E-state index contributed by atoms with van der Waals surface area (Å²) in [5, 5.41) is 11.0. The maximum Gasteiger partial charge on any atom is 0.204 e. The third kappa shape index (κ3) is 6.00. The topological polar surface area (TPSA) is 79.0 Å². The van der Waals surface area contributed by atoms with Crippen LogP contribution in [0.25, 0.3) is 0 Å². The summed E-state index contributed by atoms with van der Waals surface area (Å²) in [7, 11) is 5.48. The summed E-state index contributed by atoms with van der Waals surface area (Å²) >= 11 is 3.33. The van der Waals surface area contributed by atoms with Gasteiger partial charge in [-0.3, -0.25) is 5.10 Å². The molecule has 0 aliphatic carbocycles. The number of aromatic nitrogens is 4. The lowest BCUT2D eigenvalue weighted by Crippen LogP contribution is -2.14. The molecule has 2 aromatic carbocycles. The molecule has 0 aliphatic heterocycles. The number of hydrogen-bond donors (Lipinski definition) is 2. The van der Waals surface area contributed by atoms with E-state index in [1.807, 2.05) is 49.8 Å². The zero-order valence-electron chi connectivity index (χ0n) is 19.0. The Morgan fingerprint density at radius 1 is 1.00 bits per heavy atom. The van der Waals surface area contributed by atoms with Gasteiger partial charge >= 0.3 is 0 Å². The third-order valence-electron chi connectivity index (χ3n) is 4.69. The minimum atomic E-state index is 0.567. The van der Waals surface area contributed by atoms with Crippen molar-refractivity contribution in [3.05, 3.63) is 71.9 Å². The molecule has 33 heavy (non-hydrogen) atoms. The van der Waals surface area contributed by atoms with E-state index in [9.17, 15) is 0 Å². The molecule has 7 nitrogen and oxygen atoms in total. The summed E-state index contributed by atoms with van der Waals surface area (Å²) in [5.74, 6) is 3.45. The molecule has 2 heterocycles. The predicted molar refractivity (Wildman–Crippen MR) is 136 cm³/mol. The second-order valence-corrected chi connectivity index (χ2v) is 9.60. The van der Waals surface area contributed by atoms with Crippen LogP contribution in [0.3, 0.4) is 0 Å². The first-order valence-electron chi connectivity index (χ1n) is 10.4. The predicted octanol–water partition coefficient (Wildman–Crippen LogP) is 5.77. The molecule has 0 radical (unpaired) electrons. The lowest BCUT2D eigenvalue weighted by Gasteiger charge is -2.18. The van der Waals surface area contributed by atoms with Crippen LogP contribution in [0.5, 0.6) is 5.75 Å². The van der Waals surface area contributed by atoms with Crippen LogP contribution in [-0.4, -0.2) is 41.4 Å². The van der Waals surface area contributed by atoms with Crippen molar-refractivity contribution in [1.29, 1.82) is 0 Å². The number of aromatic amines is 1. The van der Waals surface area contributed by atoms with Crippen LogP contribution in [0.1, 0.15) is 11.3 Å². The van der Waals surface area contributed by atoms with E-state index in [0.717, 1.165) is 16.3 Å². The van der Waals surface area contributed by atoms with Gasteiger partial charge in [-0.05, 0) is 48.5 Å². The monoisotopic (exact) mass is 478 g/mol. The Kier molecular flexibility index (Phi) is 7.41. The minimum Gasteiger partial charge on any atom is -0.490 e. The Bertz CT molecular complexity index is 1200. The van der Waals surface area contributed by atoms with Gasteiger partial charge in [0.2, 0.25) is 5.75 Å². The van der Waals surface area contributed by atoms with Crippen molar-refractivity contribution in [1.82, 2.24) is 20.2 Å². The van der Waals surface area contributed by atoms with Gasteiger partial charge in [-0.2, -0.15) is 5.10 Å². The van der Waals surface area contributed by atoms with Crippen LogP contribution in [0, 0.1) is 6.92 Å². The van der Waals surface area contributed by atoms with Crippen LogP contribution in [0.4, 0.5) is 17.5 Å². The maximum atomic E-state index is 5.62. The van der Waals surface area contributed by atoms with Gasteiger partial charge in [0.25, 0.3) is 0 Å². The second kappa shape index (κ2) is 10.6. The molecule has 0 atom stereocenters. The number of ether oxygens (including phenoxy) is 1. The molecule has 0 aliphatic rings. The molecule has 4 aromatic rings. The molecule has 0 amide bonds. The summed E-state index contributed by atoms with van der Waals surface area (Å²) in [6, 6.07) is 20.9. The smallest absolute Gasteiger partial charge is 0.204 e. The van der Waals surface area contributed by atoms with Gasteiger partial charge in [0.05, 0.1) is 7.11 Å². The first-order valence-corrected chi connectivity index (χ1v) is 12.2. The van der Waals surface area contributed by atoms with Crippen molar-refractivity contribution in [3.63, 3.8) is 0 Å². The molecule has 0 spiro atoms. The summed E-state index contributed by atoms with van der Waals surface area (Å²) in [5.41, 5.74) is 2.27. The SMILES string of the molecule is COc1c(Nc2cc(C)[nH]n2)nc(Sc2ccc(SCc3ccccc3)cc2)nc1N(C)C. The van der Waals surface area contributed by atoms with Crippen LogP contribution >= 0.6 is 23.5 Å². The minimum absolute atomic E-state index is 0.567. The van der Waals surface area contributed by atoms with E-state index in [4.69, 9.17) is 14.7 Å². The Labute approximate surface area is 202 Å². The number of methoxy groups -OCH3 is 1. The summed E-state index contributed by atoms with van der Waals surface area (Å²) < 4.78 is 5.62. The number of H-pyrrole nitrogens is 1. The maximum absolute atomic E-state index is 5.62. The molecular weight excluding hydrogens is 452 g/mol. The molecule has 9 heteroatoms. The number of aryl methyl sites for hydroxylation is 1. The molecule has 2 aromatic heterocycles. The van der Waals surface area contributed by atoms with Gasteiger partial charge < -0.3 is 15.0 Å². The van der Waals surface area contributed by atoms with Crippen LogP contribution in [0.15, 0.2) is 75.6 Å². The van der Waals surface area contributed by atoms with E-state index in [1.165, 1.54) is 22.2 Å². The van der Waals surface area contributed by atoms with Gasteiger partial charge in [-0.15, -0.1) is 11.8 Å². The van der Waals surface area contributed by atoms with E-state index >= 15 is 0 Å². The van der Waals surface area contributed by atoms with Crippen molar-refractivity contribution in [3.8, 4) is 5.75 Å². The fourth-order valence-corrected chi connectivity index (χ4v) is 4.70. The first kappa shape index (κ1) is 23.0. The first-order chi connectivity index (χ1) is 16.0. The second-order valence-electron chi connectivity index (χ2n) is 7.52. The highest BCUT2D eigenvalue weighted by atomic mass is 32.2. The number of thioether (sulfide) groups is 1. The van der Waals surface area contributed by atoms with Crippen molar-refractivity contribution < 1.29 is 4.74 Å². The average Bonchev–Trinajstić information content (AvgIpc) is 3.23. The van der Waals surface area contributed by atoms with Gasteiger partial charge in [-0.25, -0.2) is 9.97 Å². The van der Waals surface area contributed by atoms with Crippen molar-refractivity contribution in [2.24, 2.45) is 0 Å². The van der Waals surface area contributed by atoms with E-state index in [0.29, 0.717) is 28.4 Å². The Balaban J connectivity index is 1.53. The van der Waals surface area contributed by atoms with E-state index in [1.54, 1.807) is 7.11 Å². The molecule has 4 rings (SSSR count). The van der Waals surface area contributed by atoms with E-state index in [2.05, 4.69) is 64.0 Å². The Morgan fingerprint density at radius 2 is 1.73 bits per heavy atom. The zero-order chi connectivity index (χ0) is 23.2. The number of nitrogens with one attached hydrogen (secondary N) is 2. The molecule has 2 N–H and O–H groups in total. The largest absolute Gasteiger partial charge is 0.490 e. The zero-order valence-corrected chi connectivity index (χ0v) is 20.6. The van der Waals surface area contributed by atoms with Crippen molar-refractivity contribution >= 4 is 41.0 Å². The summed E-state index contributed by atoms with van der Waals surface area (Å²) in [6.07, 6.45) is 0. The lowest BCUT2D eigenvalue weighted by molar-refractivity contribution is 0.412. The van der Waals surface area contributed by atoms with Crippen LogP contribution in [-0.2, 0) is 5.75 Å².